The van der Waals surface area contributed by atoms with Crippen LogP contribution in [0.3, 0.4) is 0 Å². The van der Waals surface area contributed by atoms with Gasteiger partial charge >= 0.3 is 24.7 Å². The van der Waals surface area contributed by atoms with E-state index < -0.39 is 75.7 Å². The number of ether oxygens (including phenoxy) is 3. The van der Waals surface area contributed by atoms with Crippen molar-refractivity contribution in [1.29, 1.82) is 0 Å². The number of ketones is 2. The number of piperidine rings is 3. The van der Waals surface area contributed by atoms with Crippen LogP contribution in [0, 0.1) is 0 Å². The molecule has 104 heavy (non-hydrogen) atoms. The fourth-order valence-electron chi connectivity index (χ4n) is 16.2. The number of hydrogen-bond donors (Lipinski definition) is 0. The summed E-state index contributed by atoms with van der Waals surface area (Å²) in [6.45, 7) is 13.6. The van der Waals surface area contributed by atoms with Gasteiger partial charge < -0.3 is 42.6 Å². The number of alkyl halides is 12. The number of hydrogen-bond acceptors (Lipinski definition) is 11. The van der Waals surface area contributed by atoms with Gasteiger partial charge in [0.2, 0.25) is 0 Å². The molecule has 12 rings (SSSR count). The molecule has 3 spiro atoms. The number of halogens is 12. The Bertz CT molecular complexity index is 4100. The largest absolute Gasteiger partial charge is 0.496 e. The zero-order valence-electron chi connectivity index (χ0n) is 59.9. The van der Waals surface area contributed by atoms with Gasteiger partial charge in [0.05, 0.1) is 53.9 Å². The molecule has 3 aromatic carbocycles. The number of aromatic nitrogens is 3. The molecule has 3 saturated heterocycles. The summed E-state index contributed by atoms with van der Waals surface area (Å²) in [4.78, 5) is 75.0. The van der Waals surface area contributed by atoms with Crippen molar-refractivity contribution in [1.82, 2.24) is 43.1 Å². The lowest BCUT2D eigenvalue weighted by Crippen LogP contribution is -2.59. The number of benzene rings is 3. The van der Waals surface area contributed by atoms with Crippen molar-refractivity contribution in [3.05, 3.63) is 159 Å². The van der Waals surface area contributed by atoms with Crippen molar-refractivity contribution in [2.75, 3.05) is 81.2 Å². The molecule has 9 heterocycles. The molecule has 3 fully saturated rings. The van der Waals surface area contributed by atoms with Crippen molar-refractivity contribution in [3.63, 3.8) is 0 Å². The molecule has 0 N–H and O–H groups in total. The second-order valence-electron chi connectivity index (χ2n) is 28.3. The SMILES string of the molecule is CCCCCc1ccc(C(=O)N2CCC3(CC2)c2ccc(C(=O)C(F)(F)F)n2CCN3C)cc1.COc1cc(C(=O)N2CC[C@@]3(C[C@@H]2C)c2ccc(C(F)(F)F)n2CCN3C)ccc1OC(C)C.COc1ccc(C(=O)N2CCC3(CC2)c2ccc(C(=O)C(F)(F)F)n2C[C@@H](C)N3C)cc1C(F)(F)F. The van der Waals surface area contributed by atoms with Crippen molar-refractivity contribution in [2.24, 2.45) is 0 Å². The van der Waals surface area contributed by atoms with Crippen molar-refractivity contribution >= 4 is 29.3 Å². The van der Waals surface area contributed by atoms with E-state index in [1.807, 2.05) is 87.8 Å². The number of methoxy groups -OCH3 is 2. The maximum atomic E-state index is 13.5. The van der Waals surface area contributed by atoms with E-state index in [-0.39, 0.29) is 66.6 Å². The summed E-state index contributed by atoms with van der Waals surface area (Å²) in [5, 5.41) is 0. The van der Waals surface area contributed by atoms with Crippen LogP contribution in [0.5, 0.6) is 17.2 Å². The van der Waals surface area contributed by atoms with Gasteiger partial charge in [0.1, 0.15) is 11.4 Å². The maximum Gasteiger partial charge on any atom is 0.456 e. The minimum atomic E-state index is -5.00. The first-order valence-corrected chi connectivity index (χ1v) is 35.0. The first-order chi connectivity index (χ1) is 48.8. The van der Waals surface area contributed by atoms with Gasteiger partial charge in [-0.05, 0) is 191 Å². The molecule has 3 aromatic heterocycles. The highest BCUT2D eigenvalue weighted by molar-refractivity contribution is 6.00. The van der Waals surface area contributed by atoms with Gasteiger partial charge in [-0.15, -0.1) is 0 Å². The number of nitrogens with zero attached hydrogens (tertiary/aromatic N) is 9. The second-order valence-corrected chi connectivity index (χ2v) is 28.3. The van der Waals surface area contributed by atoms with E-state index >= 15 is 0 Å². The van der Waals surface area contributed by atoms with Crippen LogP contribution in [-0.4, -0.2) is 184 Å². The number of carbonyl (C=O) groups is 5. The average Bonchev–Trinajstić information content (AvgIpc) is 1.29. The first-order valence-electron chi connectivity index (χ1n) is 35.0. The van der Waals surface area contributed by atoms with E-state index in [1.54, 1.807) is 30.3 Å². The van der Waals surface area contributed by atoms with Crippen LogP contribution < -0.4 is 14.2 Å². The van der Waals surface area contributed by atoms with Gasteiger partial charge in [-0.1, -0.05) is 31.9 Å². The van der Waals surface area contributed by atoms with Gasteiger partial charge in [0.15, 0.2) is 11.5 Å². The molecule has 566 valence electrons. The number of likely N-dealkylation sites (tertiary alicyclic amines) is 3. The van der Waals surface area contributed by atoms with Crippen LogP contribution >= 0.6 is 0 Å². The minimum Gasteiger partial charge on any atom is -0.496 e. The van der Waals surface area contributed by atoms with Crippen LogP contribution in [0.25, 0.3) is 0 Å². The molecule has 0 aliphatic carbocycles. The quantitative estimate of drug-likeness (QED) is 0.0618. The Morgan fingerprint density at radius 1 is 0.490 bits per heavy atom. The lowest BCUT2D eigenvalue weighted by atomic mass is 9.78. The van der Waals surface area contributed by atoms with E-state index in [9.17, 15) is 76.7 Å². The molecular weight excluding hydrogens is 1380 g/mol. The average molecular weight is 1470 g/mol. The van der Waals surface area contributed by atoms with Gasteiger partial charge in [0.25, 0.3) is 29.3 Å². The summed E-state index contributed by atoms with van der Waals surface area (Å²) in [7, 11) is 8.43. The number of rotatable bonds is 13. The van der Waals surface area contributed by atoms with Gasteiger partial charge in [-0.25, -0.2) is 0 Å². The third-order valence-electron chi connectivity index (χ3n) is 21.9. The lowest BCUT2D eigenvalue weighted by molar-refractivity contribution is -0.145. The number of unbranched alkanes of at least 4 members (excludes halogenated alkanes) is 2. The number of amides is 3. The summed E-state index contributed by atoms with van der Waals surface area (Å²) in [5.74, 6) is -3.75. The van der Waals surface area contributed by atoms with Gasteiger partial charge in [-0.2, -0.15) is 52.7 Å². The summed E-state index contributed by atoms with van der Waals surface area (Å²) in [5.41, 5.74) is 0.116. The molecule has 0 saturated carbocycles. The second kappa shape index (κ2) is 30.3. The predicted octanol–water partition coefficient (Wildman–Crippen LogP) is 14.5. The monoisotopic (exact) mass is 1470 g/mol. The number of aryl methyl sites for hydroxylation is 1. The summed E-state index contributed by atoms with van der Waals surface area (Å²) < 4.78 is 180. The van der Waals surface area contributed by atoms with E-state index in [4.69, 9.17) is 14.2 Å². The Balaban J connectivity index is 0.000000168. The highest BCUT2D eigenvalue weighted by Crippen LogP contribution is 2.49. The molecule has 3 amide bonds. The van der Waals surface area contributed by atoms with Crippen LogP contribution in [0.15, 0.2) is 97.1 Å². The predicted molar refractivity (Wildman–Crippen MR) is 363 cm³/mol. The fourth-order valence-corrected chi connectivity index (χ4v) is 16.2. The Morgan fingerprint density at radius 2 is 0.971 bits per heavy atom. The first kappa shape index (κ1) is 78.3. The van der Waals surface area contributed by atoms with E-state index in [2.05, 4.69) is 16.7 Å². The van der Waals surface area contributed by atoms with Crippen LogP contribution in [0.4, 0.5) is 52.7 Å². The molecule has 17 nitrogen and oxygen atoms in total. The summed E-state index contributed by atoms with van der Waals surface area (Å²) in [6.07, 6.45) is -11.5. The molecule has 6 aromatic rings. The molecule has 0 unspecified atom stereocenters. The molecule has 0 radical (unpaired) electrons. The molecule has 6 aliphatic heterocycles. The van der Waals surface area contributed by atoms with Gasteiger partial charge in [-0.3, -0.25) is 38.7 Å². The van der Waals surface area contributed by atoms with Crippen LogP contribution in [0.1, 0.15) is 178 Å². The molecule has 6 aliphatic rings. The Hall–Kier alpha value is -8.31. The smallest absolute Gasteiger partial charge is 0.456 e. The zero-order chi connectivity index (χ0) is 76.0. The fraction of sp³-hybridized carbons (Fsp3) is 0.533. The standard InChI is InChI=1S/C26H32F3N3O2.C25H32F3N3O3.C24H25F6N3O3/c1-3-4-5-6-19-7-9-20(10-8-19)24(34)31-15-13-25(14-16-31)22-12-11-21(23(33)26(27,28)29)32(22)18-17-30(25)2;1-16(2)34-19-7-6-18(14-20(19)33-5)23(32)30-11-10-24(15-17(30)3)21-8-9-22(25(26,27)28)31(21)13-12-29(24)4;1-14-13-33-17(20(34)24(28,29)30)5-7-19(33)22(31(14)2)8-10-32(11-9-22)21(35)15-4-6-18(36-3)16(12-15)23(25,26)27/h7-12H,3-6,13-18H2,1-2H3;6-9,14,16-17H,10-13,15H2,1-5H3;4-7,12,14H,8-11,13H2,1-3H3/t;17-,24+;14-/m.01/s1. The number of likely N-dealkylation sites (N-methyl/N-ethyl adjacent to an activating group) is 3. The minimum absolute atomic E-state index is 0.0169. The topological polar surface area (TPSA) is 147 Å². The van der Waals surface area contributed by atoms with E-state index in [1.165, 1.54) is 74.4 Å². The third kappa shape index (κ3) is 15.4. The highest BCUT2D eigenvalue weighted by Gasteiger charge is 2.53. The molecular formula is C75H89F12N9O8. The van der Waals surface area contributed by atoms with Crippen molar-refractivity contribution < 1.29 is 90.9 Å². The summed E-state index contributed by atoms with van der Waals surface area (Å²) >= 11 is 0. The highest BCUT2D eigenvalue weighted by atomic mass is 19.4. The number of Topliss-reactive ketones (excluding diaryl/α,β-unsaturated/α-hetero) is 2. The normalized spacial score (nSPS) is 20.6. The zero-order valence-corrected chi connectivity index (χ0v) is 59.9. The molecule has 0 bridgehead atoms. The van der Waals surface area contributed by atoms with Gasteiger partial charge in [0, 0.05) is 111 Å². The Morgan fingerprint density at radius 3 is 1.50 bits per heavy atom. The number of carbonyl (C=O) groups excluding carboxylic acids is 5. The van der Waals surface area contributed by atoms with Crippen molar-refractivity contribution in [3.8, 4) is 17.2 Å². The third-order valence-corrected chi connectivity index (χ3v) is 21.9. The summed E-state index contributed by atoms with van der Waals surface area (Å²) in [6, 6.07) is 24.2. The lowest BCUT2D eigenvalue weighted by Gasteiger charge is -2.53. The Labute approximate surface area is 596 Å². The van der Waals surface area contributed by atoms with Crippen molar-refractivity contribution in [2.45, 2.75) is 178 Å². The molecule has 29 heteroatoms. The van der Waals surface area contributed by atoms with Crippen LogP contribution in [-0.2, 0) is 55.0 Å². The van der Waals surface area contributed by atoms with Crippen LogP contribution in [0.2, 0.25) is 0 Å². The maximum absolute atomic E-state index is 13.5. The number of fused-ring (bicyclic) bond motifs is 6. The Kier molecular flexibility index (Phi) is 22.8. The molecule has 3 atom stereocenters. The van der Waals surface area contributed by atoms with E-state index in [0.717, 1.165) is 37.8 Å². The van der Waals surface area contributed by atoms with E-state index in [0.29, 0.717) is 118 Å².